The zero-order valence-electron chi connectivity index (χ0n) is 10.3. The molecule has 3 N–H and O–H groups in total. The number of carbonyl (C=O) groups excluding carboxylic acids is 1. The summed E-state index contributed by atoms with van der Waals surface area (Å²) in [7, 11) is 0. The van der Waals surface area contributed by atoms with E-state index in [9.17, 15) is 23.7 Å². The fourth-order valence-corrected chi connectivity index (χ4v) is 1.37. The van der Waals surface area contributed by atoms with Gasteiger partial charge in [-0.1, -0.05) is 0 Å². The van der Waals surface area contributed by atoms with Crippen LogP contribution in [0.1, 0.15) is 10.4 Å². The standard InChI is InChI=1S/C11H13F2N3O4/c12-10(13)6-20-4-3-15-11(17)7-1-2-9(16(18)19)8(14)5-7/h1-2,5,10H,3-4,6,14H2,(H,15,17). The van der Waals surface area contributed by atoms with Gasteiger partial charge in [0.15, 0.2) is 0 Å². The summed E-state index contributed by atoms with van der Waals surface area (Å²) in [4.78, 5) is 21.5. The van der Waals surface area contributed by atoms with E-state index < -0.39 is 23.9 Å². The summed E-state index contributed by atoms with van der Waals surface area (Å²) in [5.74, 6) is -0.521. The molecule has 0 heterocycles. The molecule has 7 nitrogen and oxygen atoms in total. The lowest BCUT2D eigenvalue weighted by Crippen LogP contribution is -2.27. The molecule has 0 radical (unpaired) electrons. The van der Waals surface area contributed by atoms with Crippen molar-refractivity contribution in [3.05, 3.63) is 33.9 Å². The Morgan fingerprint density at radius 1 is 1.50 bits per heavy atom. The van der Waals surface area contributed by atoms with Crippen molar-refractivity contribution in [2.45, 2.75) is 6.43 Å². The lowest BCUT2D eigenvalue weighted by molar-refractivity contribution is -0.383. The third-order valence-electron chi connectivity index (χ3n) is 2.26. The van der Waals surface area contributed by atoms with Crippen LogP contribution in [0.2, 0.25) is 0 Å². The lowest BCUT2D eigenvalue weighted by atomic mass is 10.1. The fraction of sp³-hybridized carbons (Fsp3) is 0.364. The van der Waals surface area contributed by atoms with E-state index in [1.54, 1.807) is 0 Å². The predicted octanol–water partition coefficient (Wildman–Crippen LogP) is 1.19. The van der Waals surface area contributed by atoms with Crippen molar-refractivity contribution < 1.29 is 23.2 Å². The van der Waals surface area contributed by atoms with Gasteiger partial charge < -0.3 is 15.8 Å². The van der Waals surface area contributed by atoms with Crippen LogP contribution in [0.3, 0.4) is 0 Å². The van der Waals surface area contributed by atoms with Gasteiger partial charge in [0.2, 0.25) is 0 Å². The third-order valence-corrected chi connectivity index (χ3v) is 2.26. The van der Waals surface area contributed by atoms with Crippen molar-refractivity contribution >= 4 is 17.3 Å². The smallest absolute Gasteiger partial charge is 0.292 e. The van der Waals surface area contributed by atoms with Crippen LogP contribution in [-0.4, -0.2) is 37.0 Å². The predicted molar refractivity (Wildman–Crippen MR) is 66.7 cm³/mol. The van der Waals surface area contributed by atoms with E-state index in [2.05, 4.69) is 10.1 Å². The first kappa shape index (κ1) is 15.8. The molecule has 0 spiro atoms. The zero-order chi connectivity index (χ0) is 15.1. The number of nitro benzene ring substituents is 1. The summed E-state index contributed by atoms with van der Waals surface area (Å²) in [5, 5.41) is 13.0. The fourth-order valence-electron chi connectivity index (χ4n) is 1.37. The van der Waals surface area contributed by atoms with Crippen LogP contribution >= 0.6 is 0 Å². The average Bonchev–Trinajstić information content (AvgIpc) is 2.37. The Balaban J connectivity index is 2.48. The number of ether oxygens (including phenoxy) is 1. The number of nitrogens with one attached hydrogen (secondary N) is 1. The molecular weight excluding hydrogens is 276 g/mol. The number of nitrogens with zero attached hydrogens (tertiary/aromatic N) is 1. The maximum atomic E-state index is 11.8. The summed E-state index contributed by atoms with van der Waals surface area (Å²) >= 11 is 0. The average molecular weight is 289 g/mol. The number of amides is 1. The molecule has 1 aromatic rings. The second kappa shape index (κ2) is 7.34. The first-order valence-corrected chi connectivity index (χ1v) is 5.60. The maximum absolute atomic E-state index is 11.8. The van der Waals surface area contributed by atoms with E-state index >= 15 is 0 Å². The minimum Gasteiger partial charge on any atom is -0.393 e. The topological polar surface area (TPSA) is 107 Å². The molecule has 0 saturated heterocycles. The summed E-state index contributed by atoms with van der Waals surface area (Å²) < 4.78 is 28.1. The second-order valence-corrected chi connectivity index (χ2v) is 3.75. The van der Waals surface area contributed by atoms with Gasteiger partial charge in [0.1, 0.15) is 12.3 Å². The first-order chi connectivity index (χ1) is 9.41. The molecule has 0 atom stereocenters. The van der Waals surface area contributed by atoms with Crippen LogP contribution in [0.25, 0.3) is 0 Å². The highest BCUT2D eigenvalue weighted by atomic mass is 19.3. The van der Waals surface area contributed by atoms with E-state index in [1.165, 1.54) is 12.1 Å². The summed E-state index contributed by atoms with van der Waals surface area (Å²) in [6.45, 7) is -0.707. The molecular formula is C11H13F2N3O4. The van der Waals surface area contributed by atoms with Crippen molar-refractivity contribution in [3.8, 4) is 0 Å². The molecule has 1 amide bonds. The van der Waals surface area contributed by atoms with Gasteiger partial charge in [0.25, 0.3) is 18.0 Å². The minimum absolute atomic E-state index is 0.0441. The van der Waals surface area contributed by atoms with E-state index in [4.69, 9.17) is 5.73 Å². The number of nitro groups is 1. The Kier molecular flexibility index (Phi) is 5.78. The van der Waals surface area contributed by atoms with Crippen LogP contribution in [0.15, 0.2) is 18.2 Å². The molecule has 0 aliphatic heterocycles. The molecule has 9 heteroatoms. The zero-order valence-corrected chi connectivity index (χ0v) is 10.3. The van der Waals surface area contributed by atoms with Gasteiger partial charge in [-0.2, -0.15) is 0 Å². The largest absolute Gasteiger partial charge is 0.393 e. The monoisotopic (exact) mass is 289 g/mol. The molecule has 110 valence electrons. The normalized spacial score (nSPS) is 10.6. The molecule has 0 fully saturated rings. The van der Waals surface area contributed by atoms with Crippen molar-refractivity contribution in [2.24, 2.45) is 0 Å². The van der Waals surface area contributed by atoms with E-state index in [0.717, 1.165) is 6.07 Å². The van der Waals surface area contributed by atoms with Crippen LogP contribution < -0.4 is 11.1 Å². The van der Waals surface area contributed by atoms with E-state index in [0.29, 0.717) is 0 Å². The molecule has 1 aromatic carbocycles. The van der Waals surface area contributed by atoms with Gasteiger partial charge in [0.05, 0.1) is 11.5 Å². The Morgan fingerprint density at radius 2 is 2.20 bits per heavy atom. The third kappa shape index (κ3) is 4.76. The van der Waals surface area contributed by atoms with Crippen LogP contribution in [-0.2, 0) is 4.74 Å². The van der Waals surface area contributed by atoms with Crippen molar-refractivity contribution in [2.75, 3.05) is 25.5 Å². The number of hydrogen-bond acceptors (Lipinski definition) is 5. The highest BCUT2D eigenvalue weighted by molar-refractivity contribution is 5.95. The quantitative estimate of drug-likeness (QED) is 0.339. The molecule has 0 aliphatic carbocycles. The Hall–Kier alpha value is -2.29. The van der Waals surface area contributed by atoms with Gasteiger partial charge in [-0.25, -0.2) is 8.78 Å². The molecule has 1 rings (SSSR count). The Labute approximate surface area is 112 Å². The van der Waals surface area contributed by atoms with Crippen molar-refractivity contribution in [1.29, 1.82) is 0 Å². The van der Waals surface area contributed by atoms with Crippen molar-refractivity contribution in [3.63, 3.8) is 0 Å². The number of benzene rings is 1. The highest BCUT2D eigenvalue weighted by Crippen LogP contribution is 2.21. The number of alkyl halides is 2. The number of halogens is 2. The van der Waals surface area contributed by atoms with Gasteiger partial charge in [-0.05, 0) is 12.1 Å². The maximum Gasteiger partial charge on any atom is 0.292 e. The van der Waals surface area contributed by atoms with Gasteiger partial charge in [0, 0.05) is 18.2 Å². The molecule has 0 saturated carbocycles. The summed E-state index contributed by atoms with van der Waals surface area (Å²) in [5.41, 5.74) is 5.16. The molecule has 0 aromatic heterocycles. The molecule has 0 bridgehead atoms. The number of carbonyl (C=O) groups is 1. The number of rotatable bonds is 7. The number of nitrogen functional groups attached to an aromatic ring is 1. The Morgan fingerprint density at radius 3 is 2.75 bits per heavy atom. The molecule has 20 heavy (non-hydrogen) atoms. The van der Waals surface area contributed by atoms with Crippen LogP contribution in [0.5, 0.6) is 0 Å². The van der Waals surface area contributed by atoms with Crippen LogP contribution in [0, 0.1) is 10.1 Å². The summed E-state index contributed by atoms with van der Waals surface area (Å²) in [6.07, 6.45) is -2.56. The van der Waals surface area contributed by atoms with Gasteiger partial charge in [-0.3, -0.25) is 14.9 Å². The molecule has 0 aliphatic rings. The summed E-state index contributed by atoms with van der Waals surface area (Å²) in [6, 6.07) is 3.55. The number of anilines is 1. The van der Waals surface area contributed by atoms with Gasteiger partial charge >= 0.3 is 0 Å². The van der Waals surface area contributed by atoms with Gasteiger partial charge in [-0.15, -0.1) is 0 Å². The number of hydrogen-bond donors (Lipinski definition) is 2. The molecule has 0 unspecified atom stereocenters. The number of nitrogens with two attached hydrogens (primary N) is 1. The minimum atomic E-state index is -2.56. The van der Waals surface area contributed by atoms with Crippen molar-refractivity contribution in [1.82, 2.24) is 5.32 Å². The SMILES string of the molecule is Nc1cc(C(=O)NCCOCC(F)F)ccc1[N+](=O)[O-]. The van der Waals surface area contributed by atoms with E-state index in [-0.39, 0.29) is 30.1 Å². The highest BCUT2D eigenvalue weighted by Gasteiger charge is 2.14. The van der Waals surface area contributed by atoms with Crippen LogP contribution in [0.4, 0.5) is 20.2 Å². The Bertz CT molecular complexity index is 497. The first-order valence-electron chi connectivity index (χ1n) is 5.60. The second-order valence-electron chi connectivity index (χ2n) is 3.75. The lowest BCUT2D eigenvalue weighted by Gasteiger charge is -2.07. The van der Waals surface area contributed by atoms with E-state index in [1.807, 2.05) is 0 Å².